The van der Waals surface area contributed by atoms with E-state index >= 15 is 0 Å². The zero-order valence-corrected chi connectivity index (χ0v) is 23.0. The number of aliphatic hydroxyl groups excluding tert-OH is 1. The van der Waals surface area contributed by atoms with Crippen LogP contribution in [0.3, 0.4) is 0 Å². The summed E-state index contributed by atoms with van der Waals surface area (Å²) in [4.78, 5) is 37.6. The number of carbonyl (C=O) groups is 2. The molecule has 0 aliphatic carbocycles. The van der Waals surface area contributed by atoms with E-state index in [1.807, 2.05) is 13.8 Å². The Morgan fingerprint density at radius 2 is 0.897 bits per heavy atom. The third kappa shape index (κ3) is 71.9. The van der Waals surface area contributed by atoms with Crippen molar-refractivity contribution < 1.29 is 29.3 Å². The van der Waals surface area contributed by atoms with Crippen LogP contribution in [-0.2, 0) is 14.3 Å². The predicted octanol–water partition coefficient (Wildman–Crippen LogP) is 5.90. The van der Waals surface area contributed by atoms with E-state index in [0.29, 0.717) is 0 Å². The van der Waals surface area contributed by atoms with Crippen molar-refractivity contribution in [2.75, 3.05) is 19.8 Å². The summed E-state index contributed by atoms with van der Waals surface area (Å²) in [5, 5.41) is 27.6. The van der Waals surface area contributed by atoms with Crippen molar-refractivity contribution in [2.24, 2.45) is 11.5 Å². The van der Waals surface area contributed by atoms with E-state index in [0.717, 1.165) is 13.2 Å². The summed E-state index contributed by atoms with van der Waals surface area (Å²) in [6, 6.07) is 15.9. The van der Waals surface area contributed by atoms with Gasteiger partial charge in [0.1, 0.15) is 0 Å². The fourth-order valence-corrected chi connectivity index (χ4v) is 1.30. The number of carbonyl (C=O) groups excluding carboxylic acids is 2. The minimum Gasteiger partial charge on any atom is -0.397 e. The predicted molar refractivity (Wildman–Crippen MR) is 160 cm³/mol. The molecule has 0 aliphatic heterocycles. The van der Waals surface area contributed by atoms with Crippen molar-refractivity contribution in [1.82, 2.24) is 0 Å². The second-order valence-electron chi connectivity index (χ2n) is 6.21. The molecule has 0 saturated carbocycles. The topological polar surface area (TPSA) is 202 Å². The van der Waals surface area contributed by atoms with Crippen molar-refractivity contribution >= 4 is 23.2 Å². The first-order valence-electron chi connectivity index (χ1n) is 11.4. The van der Waals surface area contributed by atoms with Crippen molar-refractivity contribution in [3.05, 3.63) is 80.9 Å². The lowest BCUT2D eigenvalue weighted by Gasteiger charge is -1.86. The number of benzene rings is 2. The van der Waals surface area contributed by atoms with Crippen LogP contribution in [0.2, 0.25) is 0 Å². The van der Waals surface area contributed by atoms with Gasteiger partial charge in [-0.3, -0.25) is 29.8 Å². The molecule has 5 N–H and O–H groups in total. The van der Waals surface area contributed by atoms with Gasteiger partial charge in [-0.05, 0) is 20.8 Å². The maximum Gasteiger partial charge on any atom is 0.269 e. The van der Waals surface area contributed by atoms with Gasteiger partial charge < -0.3 is 21.3 Å². The van der Waals surface area contributed by atoms with Gasteiger partial charge in [0, 0.05) is 57.9 Å². The number of hydrogen-bond donors (Lipinski definition) is 3. The van der Waals surface area contributed by atoms with Crippen molar-refractivity contribution in [2.45, 2.75) is 69.7 Å². The van der Waals surface area contributed by atoms with Crippen LogP contribution < -0.4 is 11.5 Å². The SMILES string of the molecule is C.C.CC(N)=O.CC(N)=O.CCC.CCO.CCOCC.O=[N+]([O-])c1ccccc1.O=[N+]([O-])c1ccccc1. The van der Waals surface area contributed by atoms with E-state index < -0.39 is 9.85 Å². The van der Waals surface area contributed by atoms with E-state index in [2.05, 4.69) is 25.3 Å². The molecular weight excluding hydrogens is 508 g/mol. The number of aliphatic hydroxyl groups is 1. The Morgan fingerprint density at radius 1 is 0.718 bits per heavy atom. The molecule has 2 aromatic rings. The molecule has 0 saturated heterocycles. The molecule has 0 spiro atoms. The molecule has 0 unspecified atom stereocenters. The Hall–Kier alpha value is -3.90. The Morgan fingerprint density at radius 3 is 0.974 bits per heavy atom. The molecule has 0 radical (unpaired) electrons. The lowest BCUT2D eigenvalue weighted by atomic mass is 10.3. The Balaban J connectivity index is -0.0000000640. The minimum absolute atomic E-state index is 0. The molecule has 2 rings (SSSR count). The zero-order chi connectivity index (χ0) is 30.1. The van der Waals surface area contributed by atoms with E-state index in [9.17, 15) is 29.8 Å². The average Bonchev–Trinajstić information content (AvgIpc) is 2.82. The number of non-ortho nitro benzene ring substituents is 2. The average molecular weight is 561 g/mol. The van der Waals surface area contributed by atoms with Gasteiger partial charge >= 0.3 is 0 Å². The quantitative estimate of drug-likeness (QED) is 0.302. The van der Waals surface area contributed by atoms with E-state index in [4.69, 9.17) is 9.84 Å². The molecule has 228 valence electrons. The molecule has 0 heterocycles. The normalized spacial score (nSPS) is 7.38. The summed E-state index contributed by atoms with van der Waals surface area (Å²) >= 11 is 0. The molecule has 0 atom stereocenters. The summed E-state index contributed by atoms with van der Waals surface area (Å²) < 4.78 is 4.83. The molecule has 2 amide bonds. The fourth-order valence-electron chi connectivity index (χ4n) is 1.30. The Bertz CT molecular complexity index is 704. The lowest BCUT2D eigenvalue weighted by Crippen LogP contribution is -2.01. The van der Waals surface area contributed by atoms with Gasteiger partial charge in [0.25, 0.3) is 11.4 Å². The van der Waals surface area contributed by atoms with E-state index in [-0.39, 0.29) is 44.6 Å². The molecule has 39 heavy (non-hydrogen) atoms. The fraction of sp³-hybridized carbons (Fsp3) is 0.481. The summed E-state index contributed by atoms with van der Waals surface area (Å²) in [7, 11) is 0. The third-order valence-corrected chi connectivity index (χ3v) is 2.34. The molecule has 0 aromatic heterocycles. The number of nitrogens with zero attached hydrogens (tertiary/aromatic N) is 2. The highest BCUT2D eigenvalue weighted by atomic mass is 16.6. The van der Waals surface area contributed by atoms with Crippen molar-refractivity contribution in [1.29, 1.82) is 0 Å². The van der Waals surface area contributed by atoms with Crippen LogP contribution in [0.25, 0.3) is 0 Å². The third-order valence-electron chi connectivity index (χ3n) is 2.34. The highest BCUT2D eigenvalue weighted by Gasteiger charge is 1.99. The number of rotatable bonds is 4. The molecule has 12 heteroatoms. The summed E-state index contributed by atoms with van der Waals surface area (Å²) in [6.07, 6.45) is 1.25. The molecular formula is C27H52N4O8. The maximum atomic E-state index is 10.0. The van der Waals surface area contributed by atoms with Crippen LogP contribution >= 0.6 is 0 Å². The van der Waals surface area contributed by atoms with Crippen LogP contribution in [0, 0.1) is 20.2 Å². The summed E-state index contributed by atoms with van der Waals surface area (Å²) in [5.41, 5.74) is 9.22. The van der Waals surface area contributed by atoms with Crippen LogP contribution in [0.15, 0.2) is 60.7 Å². The molecule has 12 nitrogen and oxygen atoms in total. The number of para-hydroxylation sites is 2. The van der Waals surface area contributed by atoms with Crippen LogP contribution in [-0.4, -0.2) is 46.6 Å². The Kier molecular flexibility index (Phi) is 58.5. The minimum atomic E-state index is -0.417. The maximum absolute atomic E-state index is 10.0. The lowest BCUT2D eigenvalue weighted by molar-refractivity contribution is -0.385. The highest BCUT2D eigenvalue weighted by Crippen LogP contribution is 2.07. The second kappa shape index (κ2) is 44.1. The number of nitro groups is 2. The number of hydrogen-bond acceptors (Lipinski definition) is 8. The van der Waals surface area contributed by atoms with Gasteiger partial charge in [0.15, 0.2) is 0 Å². The summed E-state index contributed by atoms with van der Waals surface area (Å²) in [6.45, 7) is 14.5. The van der Waals surface area contributed by atoms with Crippen LogP contribution in [0.5, 0.6) is 0 Å². The van der Waals surface area contributed by atoms with Gasteiger partial charge in [0.2, 0.25) is 11.8 Å². The highest BCUT2D eigenvalue weighted by molar-refractivity contribution is 5.70. The molecule has 0 aliphatic rings. The first-order chi connectivity index (χ1) is 17.3. The van der Waals surface area contributed by atoms with E-state index in [1.165, 1.54) is 44.5 Å². The second-order valence-corrected chi connectivity index (χ2v) is 6.21. The van der Waals surface area contributed by atoms with Crippen molar-refractivity contribution in [3.63, 3.8) is 0 Å². The van der Waals surface area contributed by atoms with Gasteiger partial charge in [-0.15, -0.1) is 0 Å². The van der Waals surface area contributed by atoms with Gasteiger partial charge in [-0.1, -0.05) is 71.5 Å². The first kappa shape index (κ1) is 51.7. The van der Waals surface area contributed by atoms with Gasteiger partial charge in [-0.25, -0.2) is 0 Å². The first-order valence-corrected chi connectivity index (χ1v) is 11.4. The molecule has 0 bridgehead atoms. The van der Waals surface area contributed by atoms with Crippen LogP contribution in [0.4, 0.5) is 11.4 Å². The van der Waals surface area contributed by atoms with Gasteiger partial charge in [-0.2, -0.15) is 0 Å². The van der Waals surface area contributed by atoms with E-state index in [1.54, 1.807) is 43.3 Å². The van der Waals surface area contributed by atoms with Gasteiger partial charge in [0.05, 0.1) is 9.85 Å². The number of amides is 2. The number of nitro benzene ring substituents is 2. The summed E-state index contributed by atoms with van der Waals surface area (Å²) in [5.74, 6) is -0.667. The standard InChI is InChI=1S/2C6H5NO2.C4H10O.C3H8.2C2H5NO.C2H6O.2CH4/c2*8-7(9)6-4-2-1-3-5-6;1-3-5-4-2;1-3-2;2*1-2(3)4;1-2-3;;/h2*1-5H;3-4H2,1-2H3;3H2,1-2H3;2*1H3,(H2,3,4);3H,2H2,1H3;2*1H4. The van der Waals surface area contributed by atoms with Crippen LogP contribution in [0.1, 0.15) is 69.7 Å². The molecule has 0 fully saturated rings. The zero-order valence-electron chi connectivity index (χ0n) is 23.0. The van der Waals surface area contributed by atoms with Crippen molar-refractivity contribution in [3.8, 4) is 0 Å². The number of nitrogens with two attached hydrogens (primary N) is 2. The number of ether oxygens (including phenoxy) is 1. The largest absolute Gasteiger partial charge is 0.397 e. The monoisotopic (exact) mass is 560 g/mol. The number of primary amides is 2. The molecule has 2 aromatic carbocycles. The smallest absolute Gasteiger partial charge is 0.269 e. The Labute approximate surface area is 234 Å².